The maximum absolute atomic E-state index is 14.5. The Kier molecular flexibility index (Phi) is 3.81. The molecule has 1 saturated heterocycles. The van der Waals surface area contributed by atoms with Crippen LogP contribution in [-0.4, -0.2) is 50.9 Å². The van der Waals surface area contributed by atoms with Crippen LogP contribution in [-0.2, 0) is 4.74 Å². The van der Waals surface area contributed by atoms with Gasteiger partial charge in [-0.1, -0.05) is 0 Å². The molecule has 0 saturated carbocycles. The normalized spacial score (nSPS) is 34.6. The average Bonchev–Trinajstić information content (AvgIpc) is 2.63. The summed E-state index contributed by atoms with van der Waals surface area (Å²) < 4.78 is 33.6. The fourth-order valence-electron chi connectivity index (χ4n) is 2.00. The van der Waals surface area contributed by atoms with Crippen LogP contribution in [0, 0.1) is 4.77 Å². The van der Waals surface area contributed by atoms with Gasteiger partial charge >= 0.3 is 0 Å². The number of anilines is 1. The van der Waals surface area contributed by atoms with Gasteiger partial charge in [-0.15, -0.1) is 0 Å². The first-order valence-electron chi connectivity index (χ1n) is 5.48. The molecule has 9 heteroatoms. The van der Waals surface area contributed by atoms with E-state index >= 15 is 0 Å². The molecule has 2 rings (SSSR count). The highest BCUT2D eigenvalue weighted by molar-refractivity contribution is 7.71. The molecule has 0 radical (unpaired) electrons. The van der Waals surface area contributed by atoms with Crippen LogP contribution in [0.1, 0.15) is 6.23 Å². The van der Waals surface area contributed by atoms with E-state index in [-0.39, 0.29) is 10.6 Å². The van der Waals surface area contributed by atoms with E-state index in [0.717, 1.165) is 4.57 Å². The highest BCUT2D eigenvalue weighted by atomic mass is 32.1. The van der Waals surface area contributed by atoms with E-state index in [9.17, 15) is 13.9 Å². The summed E-state index contributed by atoms with van der Waals surface area (Å²) in [6.07, 6.45) is -3.24. The van der Waals surface area contributed by atoms with Gasteiger partial charge in [-0.05, 0) is 18.3 Å². The lowest BCUT2D eigenvalue weighted by Gasteiger charge is -2.26. The average molecular weight is 293 g/mol. The van der Waals surface area contributed by atoms with Gasteiger partial charge in [-0.25, -0.2) is 13.8 Å². The summed E-state index contributed by atoms with van der Waals surface area (Å²) in [5.74, 6) is 0.128. The van der Waals surface area contributed by atoms with E-state index < -0.39 is 37.4 Å². The number of aliphatic hydroxyl groups is 2. The SMILES string of the molecule is Nc1ccn([C@@H]2O[C@H](CO)C(O)[C@]2(F)CF)c(=S)n1. The van der Waals surface area contributed by atoms with Gasteiger partial charge in [-0.2, -0.15) is 0 Å². The molecule has 1 aromatic heterocycles. The Balaban J connectivity index is 2.45. The third-order valence-electron chi connectivity index (χ3n) is 3.05. The Morgan fingerprint density at radius 3 is 2.84 bits per heavy atom. The molecule has 1 aliphatic rings. The highest BCUT2D eigenvalue weighted by Crippen LogP contribution is 2.41. The fraction of sp³-hybridized carbons (Fsp3) is 0.600. The number of aromatic nitrogens is 2. The summed E-state index contributed by atoms with van der Waals surface area (Å²) in [7, 11) is 0. The molecule has 1 aliphatic heterocycles. The smallest absolute Gasteiger partial charge is 0.212 e. The number of nitrogens with two attached hydrogens (primary N) is 1. The van der Waals surface area contributed by atoms with Crippen LogP contribution in [0.15, 0.2) is 12.3 Å². The Morgan fingerprint density at radius 2 is 2.32 bits per heavy atom. The number of halogens is 2. The first-order chi connectivity index (χ1) is 8.93. The van der Waals surface area contributed by atoms with Gasteiger partial charge in [0.15, 0.2) is 6.23 Å². The third-order valence-corrected chi connectivity index (χ3v) is 3.35. The largest absolute Gasteiger partial charge is 0.394 e. The summed E-state index contributed by atoms with van der Waals surface area (Å²) in [5.41, 5.74) is 2.71. The Bertz CT molecular complexity index is 529. The Morgan fingerprint density at radius 1 is 1.63 bits per heavy atom. The first-order valence-corrected chi connectivity index (χ1v) is 5.88. The molecule has 0 spiro atoms. The molecule has 4 atom stereocenters. The van der Waals surface area contributed by atoms with E-state index in [1.54, 1.807) is 0 Å². The molecule has 106 valence electrons. The van der Waals surface area contributed by atoms with E-state index in [1.165, 1.54) is 12.3 Å². The van der Waals surface area contributed by atoms with Crippen molar-refractivity contribution in [3.05, 3.63) is 17.0 Å². The number of hydrogen-bond acceptors (Lipinski definition) is 6. The molecule has 0 amide bonds. The van der Waals surface area contributed by atoms with Crippen molar-refractivity contribution in [2.45, 2.75) is 24.1 Å². The molecule has 2 heterocycles. The number of rotatable bonds is 3. The van der Waals surface area contributed by atoms with E-state index in [4.69, 9.17) is 27.8 Å². The second-order valence-electron chi connectivity index (χ2n) is 4.26. The summed E-state index contributed by atoms with van der Waals surface area (Å²) >= 11 is 4.90. The number of hydrogen-bond donors (Lipinski definition) is 3. The van der Waals surface area contributed by atoms with Gasteiger partial charge < -0.3 is 20.7 Å². The minimum atomic E-state index is -2.70. The second-order valence-corrected chi connectivity index (χ2v) is 4.62. The van der Waals surface area contributed by atoms with Gasteiger partial charge in [0.2, 0.25) is 10.4 Å². The summed E-state index contributed by atoms with van der Waals surface area (Å²) in [6.45, 7) is -2.12. The van der Waals surface area contributed by atoms with Crippen LogP contribution in [0.2, 0.25) is 0 Å². The van der Waals surface area contributed by atoms with Crippen molar-refractivity contribution >= 4 is 18.0 Å². The van der Waals surface area contributed by atoms with E-state index in [2.05, 4.69) is 4.98 Å². The highest BCUT2D eigenvalue weighted by Gasteiger charge is 2.58. The quantitative estimate of drug-likeness (QED) is 0.686. The predicted molar refractivity (Wildman–Crippen MR) is 64.3 cm³/mol. The lowest BCUT2D eigenvalue weighted by molar-refractivity contribution is -0.0723. The number of aliphatic hydroxyl groups excluding tert-OH is 2. The minimum absolute atomic E-state index is 0.105. The summed E-state index contributed by atoms with van der Waals surface area (Å²) in [6, 6.07) is 1.34. The summed E-state index contributed by atoms with van der Waals surface area (Å²) in [5, 5.41) is 18.7. The molecular formula is C10H13F2N3O3S. The molecule has 1 unspecified atom stereocenters. The Labute approximate surface area is 112 Å². The molecule has 1 fully saturated rings. The molecular weight excluding hydrogens is 280 g/mol. The van der Waals surface area contributed by atoms with Crippen LogP contribution >= 0.6 is 12.2 Å². The monoisotopic (exact) mass is 293 g/mol. The number of nitrogens with zero attached hydrogens (tertiary/aromatic N) is 2. The van der Waals surface area contributed by atoms with Gasteiger partial charge in [0.1, 0.15) is 24.7 Å². The van der Waals surface area contributed by atoms with Crippen molar-refractivity contribution < 1.29 is 23.7 Å². The number of nitrogen functional groups attached to an aromatic ring is 1. The molecule has 0 aromatic carbocycles. The minimum Gasteiger partial charge on any atom is -0.394 e. The predicted octanol–water partition coefficient (Wildman–Crippen LogP) is 0.123. The van der Waals surface area contributed by atoms with Crippen molar-refractivity contribution in [1.82, 2.24) is 9.55 Å². The second kappa shape index (κ2) is 5.08. The molecule has 4 N–H and O–H groups in total. The van der Waals surface area contributed by atoms with Gasteiger partial charge in [0, 0.05) is 6.20 Å². The van der Waals surface area contributed by atoms with Crippen LogP contribution < -0.4 is 5.73 Å². The molecule has 1 aromatic rings. The fourth-order valence-corrected chi connectivity index (χ4v) is 2.26. The molecule has 6 nitrogen and oxygen atoms in total. The lowest BCUT2D eigenvalue weighted by Crippen LogP contribution is -2.45. The topological polar surface area (TPSA) is 93.5 Å². The Hall–Kier alpha value is -1.16. The van der Waals surface area contributed by atoms with Crippen molar-refractivity contribution in [2.24, 2.45) is 0 Å². The van der Waals surface area contributed by atoms with Gasteiger partial charge in [-0.3, -0.25) is 4.57 Å². The number of alkyl halides is 2. The van der Waals surface area contributed by atoms with Crippen LogP contribution in [0.4, 0.5) is 14.6 Å². The van der Waals surface area contributed by atoms with Gasteiger partial charge in [0.05, 0.1) is 6.61 Å². The molecule has 0 bridgehead atoms. The van der Waals surface area contributed by atoms with Crippen molar-refractivity contribution in [2.75, 3.05) is 19.0 Å². The maximum Gasteiger partial charge on any atom is 0.212 e. The van der Waals surface area contributed by atoms with E-state index in [0.29, 0.717) is 0 Å². The zero-order chi connectivity index (χ0) is 14.2. The van der Waals surface area contributed by atoms with Crippen molar-refractivity contribution in [3.63, 3.8) is 0 Å². The zero-order valence-electron chi connectivity index (χ0n) is 9.74. The zero-order valence-corrected chi connectivity index (χ0v) is 10.6. The third kappa shape index (κ3) is 2.22. The van der Waals surface area contributed by atoms with E-state index in [1.807, 2.05) is 0 Å². The first kappa shape index (κ1) is 14.3. The van der Waals surface area contributed by atoms with Crippen LogP contribution in [0.3, 0.4) is 0 Å². The van der Waals surface area contributed by atoms with Crippen LogP contribution in [0.25, 0.3) is 0 Å². The van der Waals surface area contributed by atoms with Crippen molar-refractivity contribution in [1.29, 1.82) is 0 Å². The summed E-state index contributed by atoms with van der Waals surface area (Å²) in [4.78, 5) is 3.74. The molecule has 19 heavy (non-hydrogen) atoms. The standard InChI is InChI=1S/C10H13F2N3O3S/c11-4-10(12)7(17)5(3-16)18-8(10)15-2-1-6(13)14-9(15)19/h1-2,5,7-8,16-17H,3-4H2,(H2,13,14,19)/t5-,7?,8-,10-/m1/s1. The molecule has 0 aliphatic carbocycles. The lowest BCUT2D eigenvalue weighted by atomic mass is 9.97. The van der Waals surface area contributed by atoms with Crippen molar-refractivity contribution in [3.8, 4) is 0 Å². The number of ether oxygens (including phenoxy) is 1. The van der Waals surface area contributed by atoms with Crippen LogP contribution in [0.5, 0.6) is 0 Å². The maximum atomic E-state index is 14.5. The van der Waals surface area contributed by atoms with Gasteiger partial charge in [0.25, 0.3) is 0 Å².